The molecule has 0 aliphatic rings. The number of primary sulfonamides is 1. The highest BCUT2D eigenvalue weighted by atomic mass is 32.2. The Bertz CT molecular complexity index is 608. The molecule has 0 aliphatic carbocycles. The highest BCUT2D eigenvalue weighted by Crippen LogP contribution is 2.21. The van der Waals surface area contributed by atoms with Crippen LogP contribution < -0.4 is 10.5 Å². The van der Waals surface area contributed by atoms with Gasteiger partial charge in [-0.15, -0.1) is 0 Å². The Morgan fingerprint density at radius 1 is 1.39 bits per heavy atom. The molecule has 0 bridgehead atoms. The summed E-state index contributed by atoms with van der Waals surface area (Å²) in [6.45, 7) is 0.263. The van der Waals surface area contributed by atoms with Gasteiger partial charge in [-0.2, -0.15) is 0 Å². The number of sulfonamides is 1. The first-order valence-corrected chi connectivity index (χ1v) is 6.99. The molecule has 0 aliphatic heterocycles. The number of nitrogens with zero attached hydrogens (tertiary/aromatic N) is 1. The second-order valence-electron chi connectivity index (χ2n) is 3.74. The molecule has 96 valence electrons. The summed E-state index contributed by atoms with van der Waals surface area (Å²) in [6.07, 6.45) is 2.97. The summed E-state index contributed by atoms with van der Waals surface area (Å²) < 4.78 is 26.8. The number of anilines is 1. The van der Waals surface area contributed by atoms with Crippen molar-refractivity contribution in [3.63, 3.8) is 0 Å². The van der Waals surface area contributed by atoms with Gasteiger partial charge in [-0.05, 0) is 12.1 Å². The summed E-state index contributed by atoms with van der Waals surface area (Å²) in [6, 6.07) is 7.41. The Balaban J connectivity index is 2.04. The summed E-state index contributed by atoms with van der Waals surface area (Å²) in [4.78, 5) is 3.84. The summed E-state index contributed by atoms with van der Waals surface area (Å²) in [5, 5.41) is 7.90. The van der Waals surface area contributed by atoms with Crippen molar-refractivity contribution in [3.8, 4) is 11.3 Å². The van der Waals surface area contributed by atoms with Gasteiger partial charge >= 0.3 is 0 Å². The summed E-state index contributed by atoms with van der Waals surface area (Å²) in [7, 11) is -3.44. The Labute approximate surface area is 105 Å². The lowest BCUT2D eigenvalue weighted by atomic mass is 10.1. The molecule has 2 rings (SSSR count). The largest absolute Gasteiger partial charge is 0.444 e. The van der Waals surface area contributed by atoms with E-state index in [2.05, 4.69) is 10.3 Å². The number of hydrogen-bond acceptors (Lipinski definition) is 5. The zero-order chi connectivity index (χ0) is 13.0. The molecule has 0 saturated heterocycles. The minimum atomic E-state index is -3.44. The molecule has 0 radical (unpaired) electrons. The van der Waals surface area contributed by atoms with Crippen LogP contribution in [0, 0.1) is 0 Å². The number of oxazole rings is 1. The van der Waals surface area contributed by atoms with Crippen LogP contribution >= 0.6 is 0 Å². The van der Waals surface area contributed by atoms with Crippen molar-refractivity contribution in [1.82, 2.24) is 4.98 Å². The minimum absolute atomic E-state index is 0.112. The molecule has 6 nitrogen and oxygen atoms in total. The first-order valence-electron chi connectivity index (χ1n) is 5.28. The second-order valence-corrected chi connectivity index (χ2v) is 5.47. The van der Waals surface area contributed by atoms with Gasteiger partial charge in [0.05, 0.1) is 11.9 Å². The van der Waals surface area contributed by atoms with Gasteiger partial charge in [0, 0.05) is 17.8 Å². The predicted molar refractivity (Wildman–Crippen MR) is 68.4 cm³/mol. The molecular formula is C11H13N3O3S. The van der Waals surface area contributed by atoms with Crippen molar-refractivity contribution >= 4 is 15.7 Å². The predicted octanol–water partition coefficient (Wildman–Crippen LogP) is 1.04. The van der Waals surface area contributed by atoms with Gasteiger partial charge in [0.2, 0.25) is 10.0 Å². The summed E-state index contributed by atoms with van der Waals surface area (Å²) in [5.41, 5.74) is 1.67. The normalized spacial score (nSPS) is 11.4. The third kappa shape index (κ3) is 3.57. The molecule has 0 saturated carbocycles. The lowest BCUT2D eigenvalue weighted by Gasteiger charge is -2.06. The van der Waals surface area contributed by atoms with E-state index in [-0.39, 0.29) is 12.3 Å². The fraction of sp³-hybridized carbons (Fsp3) is 0.182. The van der Waals surface area contributed by atoms with E-state index in [0.717, 1.165) is 11.3 Å². The van der Waals surface area contributed by atoms with Crippen LogP contribution in [-0.2, 0) is 10.0 Å². The number of benzene rings is 1. The van der Waals surface area contributed by atoms with E-state index in [1.165, 1.54) is 6.39 Å². The van der Waals surface area contributed by atoms with Crippen molar-refractivity contribution in [2.45, 2.75) is 0 Å². The van der Waals surface area contributed by atoms with Crippen LogP contribution in [0.25, 0.3) is 11.3 Å². The number of hydrogen-bond donors (Lipinski definition) is 2. The first-order chi connectivity index (χ1) is 8.54. The average molecular weight is 267 g/mol. The van der Waals surface area contributed by atoms with Crippen LogP contribution in [0.3, 0.4) is 0 Å². The van der Waals surface area contributed by atoms with Crippen molar-refractivity contribution in [1.29, 1.82) is 0 Å². The molecular weight excluding hydrogens is 254 g/mol. The van der Waals surface area contributed by atoms with Crippen molar-refractivity contribution in [2.24, 2.45) is 5.14 Å². The zero-order valence-corrected chi connectivity index (χ0v) is 10.4. The average Bonchev–Trinajstić information content (AvgIpc) is 2.81. The van der Waals surface area contributed by atoms with Crippen LogP contribution in [-0.4, -0.2) is 25.7 Å². The molecule has 7 heteroatoms. The van der Waals surface area contributed by atoms with Crippen molar-refractivity contribution in [3.05, 3.63) is 36.9 Å². The van der Waals surface area contributed by atoms with Gasteiger partial charge < -0.3 is 9.73 Å². The van der Waals surface area contributed by atoms with Crippen LogP contribution in [0.1, 0.15) is 0 Å². The summed E-state index contributed by atoms with van der Waals surface area (Å²) >= 11 is 0. The van der Waals surface area contributed by atoms with Crippen molar-refractivity contribution in [2.75, 3.05) is 17.6 Å². The first kappa shape index (κ1) is 12.6. The SMILES string of the molecule is NS(=O)(=O)CCNc1cccc(-c2cnco2)c1. The lowest BCUT2D eigenvalue weighted by molar-refractivity contribution is 0.572. The maximum absolute atomic E-state index is 10.8. The van der Waals surface area contributed by atoms with E-state index >= 15 is 0 Å². The Hall–Kier alpha value is -1.86. The third-order valence-electron chi connectivity index (χ3n) is 2.30. The van der Waals surface area contributed by atoms with Gasteiger partial charge in [-0.3, -0.25) is 0 Å². The minimum Gasteiger partial charge on any atom is -0.444 e. The van der Waals surface area contributed by atoms with Crippen LogP contribution in [0.2, 0.25) is 0 Å². The maximum Gasteiger partial charge on any atom is 0.210 e. The Kier molecular flexibility index (Phi) is 3.63. The fourth-order valence-corrected chi connectivity index (χ4v) is 1.86. The third-order valence-corrected chi connectivity index (χ3v) is 3.07. The molecule has 1 aromatic heterocycles. The topological polar surface area (TPSA) is 98.2 Å². The molecule has 0 fully saturated rings. The van der Waals surface area contributed by atoms with E-state index in [4.69, 9.17) is 9.56 Å². The fourth-order valence-electron chi connectivity index (χ4n) is 1.48. The molecule has 0 amide bonds. The van der Waals surface area contributed by atoms with Crippen LogP contribution in [0.4, 0.5) is 5.69 Å². The van der Waals surface area contributed by atoms with Crippen LogP contribution in [0.5, 0.6) is 0 Å². The van der Waals surface area contributed by atoms with E-state index in [9.17, 15) is 8.42 Å². The molecule has 18 heavy (non-hydrogen) atoms. The Morgan fingerprint density at radius 3 is 2.89 bits per heavy atom. The smallest absolute Gasteiger partial charge is 0.210 e. The molecule has 0 unspecified atom stereocenters. The number of rotatable bonds is 5. The quantitative estimate of drug-likeness (QED) is 0.843. The number of nitrogens with two attached hydrogens (primary N) is 1. The summed E-state index contributed by atoms with van der Waals surface area (Å²) in [5.74, 6) is 0.546. The van der Waals surface area contributed by atoms with Gasteiger partial charge in [-0.25, -0.2) is 18.5 Å². The maximum atomic E-state index is 10.8. The highest BCUT2D eigenvalue weighted by Gasteiger charge is 2.04. The van der Waals surface area contributed by atoms with E-state index in [1.807, 2.05) is 24.3 Å². The molecule has 2 aromatic rings. The standard InChI is InChI=1S/C11H13N3O3S/c12-18(15,16)5-4-14-10-3-1-2-9(6-10)11-7-13-8-17-11/h1-3,6-8,14H,4-5H2,(H2,12,15,16). The highest BCUT2D eigenvalue weighted by molar-refractivity contribution is 7.89. The number of aromatic nitrogens is 1. The number of nitrogens with one attached hydrogen (secondary N) is 1. The van der Waals surface area contributed by atoms with Crippen LogP contribution in [0.15, 0.2) is 41.3 Å². The van der Waals surface area contributed by atoms with E-state index in [1.54, 1.807) is 6.20 Å². The Morgan fingerprint density at radius 2 is 2.22 bits per heavy atom. The second kappa shape index (κ2) is 5.19. The molecule has 1 aromatic carbocycles. The molecule has 1 heterocycles. The van der Waals surface area contributed by atoms with Gasteiger partial charge in [0.25, 0.3) is 0 Å². The monoisotopic (exact) mass is 267 g/mol. The molecule has 0 spiro atoms. The molecule has 3 N–H and O–H groups in total. The van der Waals surface area contributed by atoms with Gasteiger partial charge in [0.15, 0.2) is 12.2 Å². The lowest BCUT2D eigenvalue weighted by Crippen LogP contribution is -2.22. The van der Waals surface area contributed by atoms with Gasteiger partial charge in [0.1, 0.15) is 0 Å². The zero-order valence-electron chi connectivity index (χ0n) is 9.54. The molecule has 0 atom stereocenters. The van der Waals surface area contributed by atoms with Crippen molar-refractivity contribution < 1.29 is 12.8 Å². The van der Waals surface area contributed by atoms with Gasteiger partial charge in [-0.1, -0.05) is 12.1 Å². The van der Waals surface area contributed by atoms with E-state index in [0.29, 0.717) is 5.76 Å². The van der Waals surface area contributed by atoms with E-state index < -0.39 is 10.0 Å².